The second-order valence-corrected chi connectivity index (χ2v) is 8.51. The van der Waals surface area contributed by atoms with Gasteiger partial charge in [-0.15, -0.1) is 22.7 Å². The minimum Gasteiger partial charge on any atom is -0.378 e. The summed E-state index contributed by atoms with van der Waals surface area (Å²) in [5, 5.41) is 7.29. The molecule has 1 aliphatic heterocycles. The van der Waals surface area contributed by atoms with Crippen molar-refractivity contribution in [2.24, 2.45) is 5.10 Å². The minimum absolute atomic E-state index is 0.188. The molecule has 2 aromatic heterocycles. The van der Waals surface area contributed by atoms with Gasteiger partial charge in [0.2, 0.25) is 0 Å². The van der Waals surface area contributed by atoms with Crippen molar-refractivity contribution in [3.8, 4) is 11.1 Å². The monoisotopic (exact) mass is 411 g/mol. The summed E-state index contributed by atoms with van der Waals surface area (Å²) in [6.07, 6.45) is 1.70. The highest BCUT2D eigenvalue weighted by atomic mass is 32.1. The van der Waals surface area contributed by atoms with E-state index in [1.54, 1.807) is 17.6 Å². The van der Waals surface area contributed by atoms with Gasteiger partial charge >= 0.3 is 0 Å². The summed E-state index contributed by atoms with van der Waals surface area (Å²) >= 11 is 3.09. The van der Waals surface area contributed by atoms with E-state index in [-0.39, 0.29) is 5.91 Å². The lowest BCUT2D eigenvalue weighted by Gasteiger charge is -2.27. The van der Waals surface area contributed by atoms with Crippen LogP contribution in [0.4, 0.5) is 5.00 Å². The van der Waals surface area contributed by atoms with Gasteiger partial charge < -0.3 is 9.64 Å². The first kappa shape index (κ1) is 18.9. The summed E-state index contributed by atoms with van der Waals surface area (Å²) in [5.41, 5.74) is 5.82. The highest BCUT2D eigenvalue weighted by Gasteiger charge is 2.15. The third-order valence-corrected chi connectivity index (χ3v) is 6.52. The summed E-state index contributed by atoms with van der Waals surface area (Å²) in [6.45, 7) is 5.40. The first-order valence-electron chi connectivity index (χ1n) is 9.11. The molecule has 1 saturated heterocycles. The second-order valence-electron chi connectivity index (χ2n) is 6.50. The lowest BCUT2D eigenvalue weighted by molar-refractivity contribution is 0.0959. The molecule has 5 nitrogen and oxygen atoms in total. The first-order chi connectivity index (χ1) is 13.7. The number of morpholine rings is 1. The fraction of sp³-hybridized carbons (Fsp3) is 0.238. The smallest absolute Gasteiger partial charge is 0.282 e. The van der Waals surface area contributed by atoms with Crippen LogP contribution in [0, 0.1) is 6.92 Å². The van der Waals surface area contributed by atoms with Gasteiger partial charge in [-0.3, -0.25) is 4.79 Å². The van der Waals surface area contributed by atoms with Crippen molar-refractivity contribution in [2.45, 2.75) is 6.92 Å². The Morgan fingerprint density at radius 2 is 1.93 bits per heavy atom. The summed E-state index contributed by atoms with van der Waals surface area (Å²) in [4.78, 5) is 16.6. The summed E-state index contributed by atoms with van der Waals surface area (Å²) in [7, 11) is 0. The molecule has 0 saturated carbocycles. The average molecular weight is 412 g/mol. The van der Waals surface area contributed by atoms with Crippen LogP contribution in [0.2, 0.25) is 0 Å². The van der Waals surface area contributed by atoms with Crippen molar-refractivity contribution in [3.63, 3.8) is 0 Å². The van der Waals surface area contributed by atoms with Crippen molar-refractivity contribution in [2.75, 3.05) is 31.2 Å². The van der Waals surface area contributed by atoms with Crippen LogP contribution >= 0.6 is 22.7 Å². The average Bonchev–Trinajstić information content (AvgIpc) is 3.39. The number of hydrazone groups is 1. The van der Waals surface area contributed by atoms with E-state index in [9.17, 15) is 4.79 Å². The van der Waals surface area contributed by atoms with Crippen LogP contribution in [0.25, 0.3) is 11.1 Å². The summed E-state index contributed by atoms with van der Waals surface area (Å²) in [6, 6.07) is 14.3. The lowest BCUT2D eigenvalue weighted by Crippen LogP contribution is -2.35. The Morgan fingerprint density at radius 3 is 2.71 bits per heavy atom. The fourth-order valence-electron chi connectivity index (χ4n) is 3.02. The molecule has 7 heteroatoms. The van der Waals surface area contributed by atoms with Gasteiger partial charge in [-0.1, -0.05) is 29.8 Å². The SMILES string of the molecule is Cc1ccc(-c2ccsc2C(=O)N/N=C\c2ccc(N3CCOCC3)s2)cc1. The summed E-state index contributed by atoms with van der Waals surface area (Å²) in [5.74, 6) is -0.188. The fourth-order valence-corrected chi connectivity index (χ4v) is 4.75. The van der Waals surface area contributed by atoms with E-state index in [1.165, 1.54) is 21.9 Å². The molecule has 1 N–H and O–H groups in total. The van der Waals surface area contributed by atoms with Gasteiger partial charge in [0.05, 0.1) is 24.4 Å². The first-order valence-corrected chi connectivity index (χ1v) is 10.8. The Morgan fingerprint density at radius 1 is 1.14 bits per heavy atom. The number of ether oxygens (including phenoxy) is 1. The predicted octanol–water partition coefficient (Wildman–Crippen LogP) is 4.39. The molecule has 1 aromatic carbocycles. The van der Waals surface area contributed by atoms with E-state index in [1.807, 2.05) is 29.6 Å². The Labute approximate surface area is 172 Å². The van der Waals surface area contributed by atoms with E-state index in [2.05, 4.69) is 40.5 Å². The molecule has 3 heterocycles. The minimum atomic E-state index is -0.188. The third-order valence-electron chi connectivity index (χ3n) is 4.53. The Bertz CT molecular complexity index is 970. The number of benzene rings is 1. The van der Waals surface area contributed by atoms with Crippen LogP contribution in [0.3, 0.4) is 0 Å². The zero-order valence-electron chi connectivity index (χ0n) is 15.6. The second kappa shape index (κ2) is 8.68. The van der Waals surface area contributed by atoms with Gasteiger partial charge in [0.15, 0.2) is 0 Å². The number of carbonyl (C=O) groups is 1. The van der Waals surface area contributed by atoms with E-state index in [4.69, 9.17) is 4.74 Å². The van der Waals surface area contributed by atoms with Crippen molar-refractivity contribution >= 4 is 39.8 Å². The van der Waals surface area contributed by atoms with Gasteiger partial charge in [-0.05, 0) is 36.1 Å². The molecule has 28 heavy (non-hydrogen) atoms. The highest BCUT2D eigenvalue weighted by Crippen LogP contribution is 2.29. The molecule has 0 atom stereocenters. The molecule has 4 rings (SSSR count). The number of rotatable bonds is 5. The molecular formula is C21H21N3O2S2. The molecule has 0 aliphatic carbocycles. The molecule has 3 aromatic rings. The quantitative estimate of drug-likeness (QED) is 0.501. The molecule has 0 unspecified atom stereocenters. The number of amides is 1. The van der Waals surface area contributed by atoms with Crippen molar-refractivity contribution in [3.05, 3.63) is 63.2 Å². The maximum absolute atomic E-state index is 12.6. The van der Waals surface area contributed by atoms with E-state index < -0.39 is 0 Å². The Balaban J connectivity index is 1.40. The van der Waals surface area contributed by atoms with Crippen LogP contribution in [0.5, 0.6) is 0 Å². The number of thiophene rings is 2. The van der Waals surface area contributed by atoms with Crippen molar-refractivity contribution in [1.82, 2.24) is 5.43 Å². The van der Waals surface area contributed by atoms with Crippen LogP contribution in [0.1, 0.15) is 20.1 Å². The number of hydrogen-bond donors (Lipinski definition) is 1. The predicted molar refractivity (Wildman–Crippen MR) is 117 cm³/mol. The molecular weight excluding hydrogens is 390 g/mol. The van der Waals surface area contributed by atoms with Gasteiger partial charge in [0, 0.05) is 23.5 Å². The molecule has 1 fully saturated rings. The molecule has 0 bridgehead atoms. The number of nitrogens with one attached hydrogen (secondary N) is 1. The number of carbonyl (C=O) groups excluding carboxylic acids is 1. The number of anilines is 1. The Hall–Kier alpha value is -2.48. The molecule has 0 radical (unpaired) electrons. The highest BCUT2D eigenvalue weighted by molar-refractivity contribution is 7.17. The zero-order chi connectivity index (χ0) is 19.3. The van der Waals surface area contributed by atoms with Gasteiger partial charge in [-0.25, -0.2) is 5.43 Å². The normalized spacial score (nSPS) is 14.5. The van der Waals surface area contributed by atoms with Crippen molar-refractivity contribution < 1.29 is 9.53 Å². The Kier molecular flexibility index (Phi) is 5.85. The van der Waals surface area contributed by atoms with Crippen molar-refractivity contribution in [1.29, 1.82) is 0 Å². The standard InChI is InChI=1S/C21H21N3O2S2/c1-15-2-4-16(5-3-15)18-8-13-27-20(18)21(25)23-22-14-17-6-7-19(28-17)24-9-11-26-12-10-24/h2-8,13-14H,9-12H2,1H3,(H,23,25)/b22-14-. The molecule has 0 spiro atoms. The van der Waals surface area contributed by atoms with Crippen LogP contribution in [0.15, 0.2) is 52.9 Å². The van der Waals surface area contributed by atoms with Crippen LogP contribution < -0.4 is 10.3 Å². The zero-order valence-corrected chi connectivity index (χ0v) is 17.2. The van der Waals surface area contributed by atoms with Gasteiger partial charge in [0.1, 0.15) is 4.88 Å². The summed E-state index contributed by atoms with van der Waals surface area (Å²) < 4.78 is 5.39. The maximum Gasteiger partial charge on any atom is 0.282 e. The van der Waals surface area contributed by atoms with Crippen LogP contribution in [-0.2, 0) is 4.74 Å². The van der Waals surface area contributed by atoms with E-state index in [0.717, 1.165) is 42.3 Å². The third kappa shape index (κ3) is 4.32. The van der Waals surface area contributed by atoms with E-state index >= 15 is 0 Å². The number of hydrogen-bond acceptors (Lipinski definition) is 6. The van der Waals surface area contributed by atoms with Gasteiger partial charge in [-0.2, -0.15) is 5.10 Å². The lowest BCUT2D eigenvalue weighted by atomic mass is 10.1. The largest absolute Gasteiger partial charge is 0.378 e. The van der Waals surface area contributed by atoms with Gasteiger partial charge in [0.25, 0.3) is 5.91 Å². The number of nitrogens with zero attached hydrogens (tertiary/aromatic N) is 2. The molecule has 1 aliphatic rings. The van der Waals surface area contributed by atoms with Crippen LogP contribution in [-0.4, -0.2) is 38.4 Å². The maximum atomic E-state index is 12.6. The topological polar surface area (TPSA) is 53.9 Å². The van der Waals surface area contributed by atoms with E-state index in [0.29, 0.717) is 4.88 Å². The molecule has 1 amide bonds. The molecule has 144 valence electrons. The number of aryl methyl sites for hydroxylation is 1.